The first kappa shape index (κ1) is 18.6. The van der Waals surface area contributed by atoms with Crippen LogP contribution in [0.4, 0.5) is 23.7 Å². The van der Waals surface area contributed by atoms with E-state index in [1.165, 1.54) is 12.1 Å². The summed E-state index contributed by atoms with van der Waals surface area (Å²) in [6, 6.07) is 5.19. The van der Waals surface area contributed by atoms with Crippen molar-refractivity contribution in [3.05, 3.63) is 24.3 Å². The number of anilines is 1. The number of urea groups is 1. The summed E-state index contributed by atoms with van der Waals surface area (Å²) in [6.07, 6.45) is -7.50. The van der Waals surface area contributed by atoms with Crippen LogP contribution in [-0.2, 0) is 4.79 Å². The normalized spacial score (nSPS) is 12.3. The van der Waals surface area contributed by atoms with Crippen molar-refractivity contribution in [2.45, 2.75) is 18.7 Å². The number of hydrogen-bond donors (Lipinski definition) is 4. The first-order chi connectivity index (χ1) is 10.7. The van der Waals surface area contributed by atoms with Gasteiger partial charge in [0.05, 0.1) is 25.3 Å². The van der Waals surface area contributed by atoms with Crippen LogP contribution < -0.4 is 21.1 Å². The summed E-state index contributed by atoms with van der Waals surface area (Å²) in [4.78, 5) is 22.2. The number of carbonyl (C=O) groups excluding carboxylic acids is 2. The summed E-state index contributed by atoms with van der Waals surface area (Å²) < 4.78 is 41.6. The number of rotatable bonds is 7. The van der Waals surface area contributed by atoms with Crippen LogP contribution in [-0.4, -0.2) is 42.5 Å². The molecule has 0 saturated heterocycles. The Hall–Kier alpha value is -2.49. The zero-order chi connectivity index (χ0) is 17.5. The van der Waals surface area contributed by atoms with Crippen molar-refractivity contribution in [1.29, 1.82) is 0 Å². The predicted octanol–water partition coefficient (Wildman–Crippen LogP) is 0.985. The summed E-state index contributed by atoms with van der Waals surface area (Å²) >= 11 is 0. The van der Waals surface area contributed by atoms with Gasteiger partial charge in [-0.25, -0.2) is 4.79 Å². The van der Waals surface area contributed by atoms with Crippen molar-refractivity contribution in [2.24, 2.45) is 5.73 Å². The van der Waals surface area contributed by atoms with Crippen molar-refractivity contribution >= 4 is 17.6 Å². The van der Waals surface area contributed by atoms with Crippen LogP contribution in [0, 0.1) is 0 Å². The molecule has 0 radical (unpaired) electrons. The van der Waals surface area contributed by atoms with Gasteiger partial charge in [-0.2, -0.15) is 13.2 Å². The Labute approximate surface area is 129 Å². The van der Waals surface area contributed by atoms with Crippen molar-refractivity contribution in [1.82, 2.24) is 5.32 Å². The van der Waals surface area contributed by atoms with Gasteiger partial charge in [-0.1, -0.05) is 12.1 Å². The highest BCUT2D eigenvalue weighted by atomic mass is 19.4. The third-order valence-electron chi connectivity index (χ3n) is 2.58. The summed E-state index contributed by atoms with van der Waals surface area (Å²) in [5.74, 6) is -0.338. The smallest absolute Gasteiger partial charge is 0.416 e. The van der Waals surface area contributed by atoms with Crippen molar-refractivity contribution in [2.75, 3.05) is 18.5 Å². The fourth-order valence-corrected chi connectivity index (χ4v) is 1.43. The maximum Gasteiger partial charge on any atom is 0.416 e. The molecule has 1 rings (SSSR count). The van der Waals surface area contributed by atoms with Crippen molar-refractivity contribution < 1.29 is 32.6 Å². The maximum atomic E-state index is 12.1. The number of aliphatic hydroxyl groups excluding tert-OH is 1. The molecule has 0 unspecified atom stereocenters. The van der Waals surface area contributed by atoms with Gasteiger partial charge in [-0.3, -0.25) is 4.79 Å². The van der Waals surface area contributed by atoms with Crippen LogP contribution >= 0.6 is 0 Å². The lowest BCUT2D eigenvalue weighted by Gasteiger charge is -2.16. The van der Waals surface area contributed by atoms with E-state index in [0.717, 1.165) is 0 Å². The van der Waals surface area contributed by atoms with Crippen molar-refractivity contribution in [3.63, 3.8) is 0 Å². The second-order valence-electron chi connectivity index (χ2n) is 4.45. The van der Waals surface area contributed by atoms with Gasteiger partial charge in [-0.05, 0) is 12.1 Å². The number of para-hydroxylation sites is 2. The van der Waals surface area contributed by atoms with Gasteiger partial charge in [0.25, 0.3) is 0 Å². The highest BCUT2D eigenvalue weighted by molar-refractivity contribution is 5.90. The van der Waals surface area contributed by atoms with Crippen LogP contribution in [0.1, 0.15) is 6.42 Å². The van der Waals surface area contributed by atoms with Gasteiger partial charge < -0.3 is 26.2 Å². The van der Waals surface area contributed by atoms with E-state index in [0.29, 0.717) is 0 Å². The largest absolute Gasteiger partial charge is 0.491 e. The number of benzene rings is 1. The third kappa shape index (κ3) is 6.87. The van der Waals surface area contributed by atoms with Crippen molar-refractivity contribution in [3.8, 4) is 5.75 Å². The molecule has 1 aromatic carbocycles. The fraction of sp³-hybridized carbons (Fsp3) is 0.385. The molecule has 1 atom stereocenters. The first-order valence-electron chi connectivity index (χ1n) is 6.50. The number of primary amides is 1. The van der Waals surface area contributed by atoms with E-state index >= 15 is 0 Å². The van der Waals surface area contributed by atoms with Gasteiger partial charge in [0.1, 0.15) is 5.75 Å². The number of nitrogens with two attached hydrogens (primary N) is 1. The molecule has 0 aliphatic heterocycles. The summed E-state index contributed by atoms with van der Waals surface area (Å²) in [5, 5.41) is 13.0. The molecular formula is C13H16F3N3O4. The number of halogens is 3. The molecule has 0 bridgehead atoms. The van der Waals surface area contributed by atoms with E-state index in [-0.39, 0.29) is 24.5 Å². The highest BCUT2D eigenvalue weighted by Gasteiger charge is 2.38. The lowest BCUT2D eigenvalue weighted by Crippen LogP contribution is -2.42. The Bertz CT molecular complexity index is 552. The maximum absolute atomic E-state index is 12.1. The van der Waals surface area contributed by atoms with E-state index in [4.69, 9.17) is 15.6 Å². The molecule has 3 amide bonds. The monoisotopic (exact) mass is 335 g/mol. The summed E-state index contributed by atoms with van der Waals surface area (Å²) in [6.45, 7) is -0.998. The number of amides is 3. The molecule has 1 aromatic rings. The van der Waals surface area contributed by atoms with Crippen LogP contribution in [0.3, 0.4) is 0 Å². The quantitative estimate of drug-likeness (QED) is 0.595. The van der Waals surface area contributed by atoms with Crippen LogP contribution in [0.2, 0.25) is 0 Å². The average molecular weight is 335 g/mol. The molecule has 10 heteroatoms. The SMILES string of the molecule is NC(=O)CCOc1ccccc1NC(=O)NC[C@@H](O)C(F)(F)F. The molecule has 0 aliphatic rings. The molecule has 7 nitrogen and oxygen atoms in total. The summed E-state index contributed by atoms with van der Waals surface area (Å²) in [7, 11) is 0. The lowest BCUT2D eigenvalue weighted by molar-refractivity contribution is -0.201. The number of carbonyl (C=O) groups is 2. The van der Waals surface area contributed by atoms with E-state index < -0.39 is 30.8 Å². The number of alkyl halides is 3. The van der Waals surface area contributed by atoms with Gasteiger partial charge in [0.2, 0.25) is 5.91 Å². The average Bonchev–Trinajstić information content (AvgIpc) is 2.45. The minimum Gasteiger partial charge on any atom is -0.491 e. The van der Waals surface area contributed by atoms with Gasteiger partial charge >= 0.3 is 12.2 Å². The topological polar surface area (TPSA) is 114 Å². The molecule has 23 heavy (non-hydrogen) atoms. The molecule has 0 spiro atoms. The number of nitrogens with one attached hydrogen (secondary N) is 2. The lowest BCUT2D eigenvalue weighted by atomic mass is 10.3. The first-order valence-corrected chi connectivity index (χ1v) is 6.50. The number of aliphatic hydroxyl groups is 1. The van der Waals surface area contributed by atoms with E-state index in [9.17, 15) is 22.8 Å². The number of hydrogen-bond acceptors (Lipinski definition) is 4. The zero-order valence-electron chi connectivity index (χ0n) is 11.9. The highest BCUT2D eigenvalue weighted by Crippen LogP contribution is 2.24. The second kappa shape index (κ2) is 8.22. The minimum atomic E-state index is -4.82. The standard InChI is InChI=1S/C13H16F3N3O4/c14-13(15,16)10(20)7-18-12(22)19-8-3-1-2-4-9(8)23-6-5-11(17)21/h1-4,10,20H,5-7H2,(H2,17,21)(H2,18,19,22)/t10-/m1/s1. The molecule has 0 aliphatic carbocycles. The Morgan fingerprint density at radius 2 is 1.96 bits per heavy atom. The minimum absolute atomic E-state index is 0.0115. The molecule has 5 N–H and O–H groups in total. The molecule has 0 saturated carbocycles. The van der Waals surface area contributed by atoms with Crippen LogP contribution in [0.25, 0.3) is 0 Å². The second-order valence-corrected chi connectivity index (χ2v) is 4.45. The molecule has 0 heterocycles. The Kier molecular flexibility index (Phi) is 6.64. The molecular weight excluding hydrogens is 319 g/mol. The van der Waals surface area contributed by atoms with E-state index in [1.807, 2.05) is 5.32 Å². The Morgan fingerprint density at radius 3 is 2.57 bits per heavy atom. The van der Waals surface area contributed by atoms with Gasteiger partial charge in [0, 0.05) is 0 Å². The fourth-order valence-electron chi connectivity index (χ4n) is 1.43. The van der Waals surface area contributed by atoms with Gasteiger partial charge in [0.15, 0.2) is 6.10 Å². The predicted molar refractivity (Wildman–Crippen MR) is 74.8 cm³/mol. The van der Waals surface area contributed by atoms with Crippen LogP contribution in [0.5, 0.6) is 5.75 Å². The van der Waals surface area contributed by atoms with E-state index in [2.05, 4.69) is 5.32 Å². The third-order valence-corrected chi connectivity index (χ3v) is 2.58. The van der Waals surface area contributed by atoms with Gasteiger partial charge in [-0.15, -0.1) is 0 Å². The Morgan fingerprint density at radius 1 is 1.30 bits per heavy atom. The summed E-state index contributed by atoms with van der Waals surface area (Å²) in [5.41, 5.74) is 5.15. The van der Waals surface area contributed by atoms with E-state index in [1.54, 1.807) is 12.1 Å². The van der Waals surface area contributed by atoms with Crippen LogP contribution in [0.15, 0.2) is 24.3 Å². The molecule has 128 valence electrons. The number of ether oxygens (including phenoxy) is 1. The molecule has 0 aromatic heterocycles. The molecule has 0 fully saturated rings. The zero-order valence-corrected chi connectivity index (χ0v) is 11.9. The Balaban J connectivity index is 2.56.